The second kappa shape index (κ2) is 5.73. The van der Waals surface area contributed by atoms with Crippen LogP contribution < -0.4 is 0 Å². The molecule has 2 rings (SSSR count). The molecule has 0 N–H and O–H groups in total. The Balaban J connectivity index is 2.25. The van der Waals surface area contributed by atoms with Crippen LogP contribution >= 0.6 is 0 Å². The average molecular weight is 307 g/mol. The summed E-state index contributed by atoms with van der Waals surface area (Å²) in [5.41, 5.74) is -0.840. The highest BCUT2D eigenvalue weighted by atomic mass is 32.2. The zero-order chi connectivity index (χ0) is 14.8. The summed E-state index contributed by atoms with van der Waals surface area (Å²) in [6, 6.07) is 3.68. The minimum atomic E-state index is -4.45. The minimum Gasteiger partial charge on any atom is -0.207 e. The fourth-order valence-electron chi connectivity index (χ4n) is 2.25. The normalized spacial score (nSPS) is 18.8. The van der Waals surface area contributed by atoms with Crippen LogP contribution in [-0.4, -0.2) is 25.8 Å². The van der Waals surface area contributed by atoms with Gasteiger partial charge in [0.2, 0.25) is 10.0 Å². The predicted molar refractivity (Wildman–Crippen MR) is 68.7 cm³/mol. The second-order valence-corrected chi connectivity index (χ2v) is 6.78. The molecular weight excluding hydrogens is 291 g/mol. The highest BCUT2D eigenvalue weighted by molar-refractivity contribution is 7.89. The molecule has 0 bridgehead atoms. The number of halogens is 3. The first-order chi connectivity index (χ1) is 9.32. The van der Waals surface area contributed by atoms with Gasteiger partial charge < -0.3 is 0 Å². The Morgan fingerprint density at radius 2 is 1.40 bits per heavy atom. The summed E-state index contributed by atoms with van der Waals surface area (Å²) in [6.45, 7) is 0.868. The SMILES string of the molecule is O=S(=O)(c1ccc(C(F)(F)F)cc1)N1CCCCCC1. The van der Waals surface area contributed by atoms with Gasteiger partial charge in [-0.25, -0.2) is 8.42 Å². The van der Waals surface area contributed by atoms with E-state index in [1.54, 1.807) is 0 Å². The predicted octanol–water partition coefficient (Wildman–Crippen LogP) is 3.27. The summed E-state index contributed by atoms with van der Waals surface area (Å²) < 4.78 is 63.4. The number of sulfonamides is 1. The molecule has 0 radical (unpaired) electrons. The number of hydrogen-bond donors (Lipinski definition) is 0. The zero-order valence-electron chi connectivity index (χ0n) is 10.9. The molecule has 1 aliphatic heterocycles. The van der Waals surface area contributed by atoms with Crippen LogP contribution in [0.3, 0.4) is 0 Å². The smallest absolute Gasteiger partial charge is 0.207 e. The second-order valence-electron chi connectivity index (χ2n) is 4.84. The van der Waals surface area contributed by atoms with Crippen LogP contribution in [0.4, 0.5) is 13.2 Å². The van der Waals surface area contributed by atoms with Gasteiger partial charge in [-0.1, -0.05) is 12.8 Å². The van der Waals surface area contributed by atoms with Crippen molar-refractivity contribution >= 4 is 10.0 Å². The molecule has 1 aliphatic rings. The summed E-state index contributed by atoms with van der Waals surface area (Å²) in [5.74, 6) is 0. The maximum Gasteiger partial charge on any atom is 0.416 e. The van der Waals surface area contributed by atoms with E-state index in [2.05, 4.69) is 0 Å². The first-order valence-electron chi connectivity index (χ1n) is 6.49. The summed E-state index contributed by atoms with van der Waals surface area (Å²) in [6.07, 6.45) is -0.900. The summed E-state index contributed by atoms with van der Waals surface area (Å²) in [7, 11) is -3.68. The van der Waals surface area contributed by atoms with E-state index in [1.165, 1.54) is 4.31 Å². The molecule has 1 heterocycles. The molecule has 0 amide bonds. The Hall–Kier alpha value is -1.08. The molecule has 0 unspecified atom stereocenters. The summed E-state index contributed by atoms with van der Waals surface area (Å²) in [4.78, 5) is -0.0765. The lowest BCUT2D eigenvalue weighted by atomic mass is 10.2. The fourth-order valence-corrected chi connectivity index (χ4v) is 3.76. The standard InChI is InChI=1S/C13H16F3NO2S/c14-13(15,16)11-5-7-12(8-6-11)20(18,19)17-9-3-1-2-4-10-17/h5-8H,1-4,9-10H2. The first kappa shape index (κ1) is 15.3. The van der Waals surface area contributed by atoms with Gasteiger partial charge in [0.15, 0.2) is 0 Å². The van der Waals surface area contributed by atoms with Crippen molar-refractivity contribution in [2.45, 2.75) is 36.8 Å². The quantitative estimate of drug-likeness (QED) is 0.841. The highest BCUT2D eigenvalue weighted by Crippen LogP contribution is 2.30. The van der Waals surface area contributed by atoms with E-state index in [1.807, 2.05) is 0 Å². The summed E-state index contributed by atoms with van der Waals surface area (Å²) >= 11 is 0. The molecule has 1 saturated heterocycles. The largest absolute Gasteiger partial charge is 0.416 e. The Morgan fingerprint density at radius 1 is 0.900 bits per heavy atom. The molecule has 20 heavy (non-hydrogen) atoms. The van der Waals surface area contributed by atoms with Crippen LogP contribution in [0, 0.1) is 0 Å². The van der Waals surface area contributed by atoms with E-state index < -0.39 is 21.8 Å². The van der Waals surface area contributed by atoms with Crippen molar-refractivity contribution in [2.75, 3.05) is 13.1 Å². The van der Waals surface area contributed by atoms with Crippen LogP contribution in [-0.2, 0) is 16.2 Å². The van der Waals surface area contributed by atoms with Gasteiger partial charge in [0, 0.05) is 13.1 Å². The zero-order valence-corrected chi connectivity index (χ0v) is 11.7. The molecule has 1 fully saturated rings. The molecular formula is C13H16F3NO2S. The van der Waals surface area contributed by atoms with E-state index >= 15 is 0 Å². The van der Waals surface area contributed by atoms with Gasteiger partial charge in [-0.2, -0.15) is 17.5 Å². The van der Waals surface area contributed by atoms with Crippen molar-refractivity contribution in [1.29, 1.82) is 0 Å². The van der Waals surface area contributed by atoms with E-state index in [9.17, 15) is 21.6 Å². The van der Waals surface area contributed by atoms with Gasteiger partial charge in [-0.3, -0.25) is 0 Å². The fraction of sp³-hybridized carbons (Fsp3) is 0.538. The molecule has 3 nitrogen and oxygen atoms in total. The lowest BCUT2D eigenvalue weighted by Gasteiger charge is -2.20. The molecule has 0 spiro atoms. The van der Waals surface area contributed by atoms with Crippen LogP contribution in [0.1, 0.15) is 31.2 Å². The monoisotopic (exact) mass is 307 g/mol. The molecule has 1 aromatic carbocycles. The van der Waals surface area contributed by atoms with E-state index in [0.29, 0.717) is 13.1 Å². The van der Waals surface area contributed by atoms with Gasteiger partial charge in [-0.05, 0) is 37.1 Å². The number of rotatable bonds is 2. The Bertz CT molecular complexity index is 544. The van der Waals surface area contributed by atoms with E-state index in [4.69, 9.17) is 0 Å². The molecule has 112 valence electrons. The maximum atomic E-state index is 12.5. The Kier molecular flexibility index (Phi) is 4.39. The molecule has 0 atom stereocenters. The van der Waals surface area contributed by atoms with E-state index in [0.717, 1.165) is 49.9 Å². The Morgan fingerprint density at radius 3 is 1.85 bits per heavy atom. The molecule has 0 saturated carbocycles. The van der Waals surface area contributed by atoms with E-state index in [-0.39, 0.29) is 4.90 Å². The van der Waals surface area contributed by atoms with Crippen molar-refractivity contribution in [3.63, 3.8) is 0 Å². The lowest BCUT2D eigenvalue weighted by molar-refractivity contribution is -0.137. The first-order valence-corrected chi connectivity index (χ1v) is 7.93. The third kappa shape index (κ3) is 3.32. The van der Waals surface area contributed by atoms with Crippen molar-refractivity contribution in [2.24, 2.45) is 0 Å². The average Bonchev–Trinajstić information content (AvgIpc) is 2.67. The van der Waals surface area contributed by atoms with Crippen LogP contribution in [0.2, 0.25) is 0 Å². The van der Waals surface area contributed by atoms with Crippen LogP contribution in [0.25, 0.3) is 0 Å². The van der Waals surface area contributed by atoms with Crippen molar-refractivity contribution in [3.8, 4) is 0 Å². The topological polar surface area (TPSA) is 37.4 Å². The molecule has 1 aromatic rings. The van der Waals surface area contributed by atoms with Crippen molar-refractivity contribution < 1.29 is 21.6 Å². The third-order valence-corrected chi connectivity index (χ3v) is 5.30. The molecule has 7 heteroatoms. The molecule has 0 aromatic heterocycles. The number of hydrogen-bond acceptors (Lipinski definition) is 2. The third-order valence-electron chi connectivity index (χ3n) is 3.38. The lowest BCUT2D eigenvalue weighted by Crippen LogP contribution is -2.31. The van der Waals surface area contributed by atoms with Crippen molar-refractivity contribution in [1.82, 2.24) is 4.31 Å². The van der Waals surface area contributed by atoms with Gasteiger partial charge in [0.05, 0.1) is 10.5 Å². The Labute approximate surface area is 116 Å². The van der Waals surface area contributed by atoms with Gasteiger partial charge in [0.1, 0.15) is 0 Å². The van der Waals surface area contributed by atoms with Gasteiger partial charge in [-0.15, -0.1) is 0 Å². The molecule has 0 aliphatic carbocycles. The van der Waals surface area contributed by atoms with Crippen molar-refractivity contribution in [3.05, 3.63) is 29.8 Å². The number of benzene rings is 1. The highest BCUT2D eigenvalue weighted by Gasteiger charge is 2.31. The minimum absolute atomic E-state index is 0.0765. The van der Waals surface area contributed by atoms with Gasteiger partial charge in [0.25, 0.3) is 0 Å². The van der Waals surface area contributed by atoms with Crippen LogP contribution in [0.5, 0.6) is 0 Å². The number of alkyl halides is 3. The maximum absolute atomic E-state index is 12.5. The number of nitrogens with zero attached hydrogens (tertiary/aromatic N) is 1. The van der Waals surface area contributed by atoms with Crippen LogP contribution in [0.15, 0.2) is 29.2 Å². The summed E-state index contributed by atoms with van der Waals surface area (Å²) in [5, 5.41) is 0. The van der Waals surface area contributed by atoms with Gasteiger partial charge >= 0.3 is 6.18 Å².